The Morgan fingerprint density at radius 1 is 0.743 bits per heavy atom. The van der Waals surface area contributed by atoms with Crippen LogP contribution in [0, 0.1) is 16.7 Å². The second kappa shape index (κ2) is 47.2. The van der Waals surface area contributed by atoms with Crippen molar-refractivity contribution in [3.63, 3.8) is 0 Å². The van der Waals surface area contributed by atoms with E-state index in [0.717, 1.165) is 17.4 Å². The van der Waals surface area contributed by atoms with Crippen LogP contribution >= 0.6 is 21.6 Å². The number of hydrogen-bond donors (Lipinski definition) is 0. The molecule has 0 bridgehead atoms. The maximum atomic E-state index is 10.7. The van der Waals surface area contributed by atoms with Crippen LogP contribution in [0.4, 0.5) is 0 Å². The van der Waals surface area contributed by atoms with Crippen LogP contribution in [0.3, 0.4) is 0 Å². The first-order valence-electron chi connectivity index (χ1n) is 24.5. The SMILES string of the molecule is CC(C)OC(=O)C(C)C.CCCCCCC.CCCCOC.CCOC(=O)CC.COCC(C)(COC)CSSc1ccccn1.COCC1(COC)COC(c2c(OC)cc(OC)cc2OC)OC1. The van der Waals surface area contributed by atoms with Gasteiger partial charge in [0.15, 0.2) is 6.29 Å². The smallest absolute Gasteiger partial charge is 0.308 e. The number of rotatable bonds is 27. The van der Waals surface area contributed by atoms with Crippen molar-refractivity contribution in [1.29, 1.82) is 0 Å². The first kappa shape index (κ1) is 71.4. The molecule has 2 heterocycles. The van der Waals surface area contributed by atoms with E-state index in [-0.39, 0.29) is 34.8 Å². The summed E-state index contributed by atoms with van der Waals surface area (Å²) in [5, 5.41) is 1.04. The molecule has 70 heavy (non-hydrogen) atoms. The van der Waals surface area contributed by atoms with Crippen molar-refractivity contribution in [3.8, 4) is 17.2 Å². The zero-order valence-electron chi connectivity index (χ0n) is 46.7. The van der Waals surface area contributed by atoms with Crippen LogP contribution in [0.2, 0.25) is 0 Å². The van der Waals surface area contributed by atoms with Gasteiger partial charge in [-0.3, -0.25) is 9.59 Å². The largest absolute Gasteiger partial charge is 0.496 e. The van der Waals surface area contributed by atoms with E-state index in [1.54, 1.807) is 104 Å². The topological polar surface area (TPSA) is 158 Å². The van der Waals surface area contributed by atoms with Crippen molar-refractivity contribution < 1.29 is 66.4 Å². The number of methoxy groups -OCH3 is 8. The molecular formula is C53H97NO14S2. The van der Waals surface area contributed by atoms with E-state index in [4.69, 9.17) is 52.1 Å². The van der Waals surface area contributed by atoms with Gasteiger partial charge < -0.3 is 56.8 Å². The Labute approximate surface area is 432 Å². The number of carbonyl (C=O) groups excluding carboxylic acids is 2. The summed E-state index contributed by atoms with van der Waals surface area (Å²) < 4.78 is 63.4. The molecule has 1 aliphatic rings. The highest BCUT2D eigenvalue weighted by Crippen LogP contribution is 2.43. The number of ether oxygens (including phenoxy) is 12. The van der Waals surface area contributed by atoms with Gasteiger partial charge in [-0.15, -0.1) is 0 Å². The van der Waals surface area contributed by atoms with E-state index in [9.17, 15) is 9.59 Å². The molecule has 0 N–H and O–H groups in total. The van der Waals surface area contributed by atoms with E-state index in [2.05, 4.69) is 37.4 Å². The van der Waals surface area contributed by atoms with Crippen molar-refractivity contribution in [2.24, 2.45) is 16.7 Å². The molecule has 1 aromatic carbocycles. The number of unbranched alkanes of at least 4 members (excludes halogenated alkanes) is 5. The summed E-state index contributed by atoms with van der Waals surface area (Å²) in [5.74, 6) is 2.52. The summed E-state index contributed by atoms with van der Waals surface area (Å²) in [7, 11) is 16.7. The molecule has 15 nitrogen and oxygen atoms in total. The summed E-state index contributed by atoms with van der Waals surface area (Å²) in [6.45, 7) is 24.4. The predicted molar refractivity (Wildman–Crippen MR) is 286 cm³/mol. The Morgan fingerprint density at radius 3 is 1.61 bits per heavy atom. The first-order chi connectivity index (χ1) is 33.5. The molecule has 3 rings (SSSR count). The van der Waals surface area contributed by atoms with Gasteiger partial charge in [0.25, 0.3) is 0 Å². The second-order valence-electron chi connectivity index (χ2n) is 17.2. The Hall–Kier alpha value is -2.87. The maximum absolute atomic E-state index is 10.7. The highest BCUT2D eigenvalue weighted by molar-refractivity contribution is 8.76. The zero-order chi connectivity index (χ0) is 53.6. The number of hydrogen-bond acceptors (Lipinski definition) is 17. The standard InChI is InChI=1S/C17H26O7.C12H19NO2S2.C7H14O2.C7H16.C5H10O2.C5H12O/c1-18-8-17(9-19-2)10-23-16(24-11-17)15-13(21-4)6-12(20-3)7-14(15)22-5;1-12(8-14-2,9-15-3)10-16-17-11-6-4-5-7-13-11;1-5(2)7(8)9-6(3)4;1-3-5-7-6-4-2;1-3-5(6)7-4-2;1-3-4-5-6-2/h6-7,16H,8-11H2,1-5H3;4-7H,8-10H2,1-3H3;5-6H,1-4H3;3-7H2,1-2H3;3-4H2,1-2H3;3-5H2,1-2H3. The predicted octanol–water partition coefficient (Wildman–Crippen LogP) is 12.1. The zero-order valence-corrected chi connectivity index (χ0v) is 48.3. The molecule has 0 radical (unpaired) electrons. The summed E-state index contributed by atoms with van der Waals surface area (Å²) in [6, 6.07) is 9.49. The third-order valence-corrected chi connectivity index (χ3v) is 12.0. The minimum Gasteiger partial charge on any atom is -0.496 e. The van der Waals surface area contributed by atoms with Crippen LogP contribution in [-0.4, -0.2) is 139 Å². The Balaban J connectivity index is -0.000000847. The second-order valence-corrected chi connectivity index (χ2v) is 19.5. The number of pyridine rings is 1. The van der Waals surface area contributed by atoms with Crippen LogP contribution in [-0.2, 0) is 52.2 Å². The maximum Gasteiger partial charge on any atom is 0.308 e. The number of nitrogens with zero attached hydrogens (tertiary/aromatic N) is 1. The fraction of sp³-hybridized carbons (Fsp3) is 0.755. The minimum atomic E-state index is -0.595. The Kier molecular flexibility index (Phi) is 48.1. The molecule has 1 fully saturated rings. The molecule has 2 aromatic rings. The lowest BCUT2D eigenvalue weighted by atomic mass is 9.91. The van der Waals surface area contributed by atoms with Crippen molar-refractivity contribution >= 4 is 33.5 Å². The van der Waals surface area contributed by atoms with Gasteiger partial charge in [0, 0.05) is 78.1 Å². The van der Waals surface area contributed by atoms with Crippen molar-refractivity contribution in [3.05, 3.63) is 42.1 Å². The van der Waals surface area contributed by atoms with Crippen molar-refractivity contribution in [2.45, 2.75) is 138 Å². The highest BCUT2D eigenvalue weighted by Gasteiger charge is 2.40. The molecule has 0 unspecified atom stereocenters. The monoisotopic (exact) mass is 1040 g/mol. The van der Waals surface area contributed by atoms with Gasteiger partial charge in [-0.25, -0.2) is 4.98 Å². The fourth-order valence-electron chi connectivity index (χ4n) is 5.89. The van der Waals surface area contributed by atoms with E-state index in [0.29, 0.717) is 75.5 Å². The van der Waals surface area contributed by atoms with Gasteiger partial charge in [0.05, 0.1) is 90.6 Å². The van der Waals surface area contributed by atoms with E-state index >= 15 is 0 Å². The van der Waals surface area contributed by atoms with Crippen LogP contribution in [0.15, 0.2) is 41.6 Å². The molecule has 1 saturated heterocycles. The molecular weight excluding hydrogens is 939 g/mol. The molecule has 1 aromatic heterocycles. The van der Waals surface area contributed by atoms with Gasteiger partial charge in [-0.1, -0.05) is 104 Å². The van der Waals surface area contributed by atoms with Crippen LogP contribution < -0.4 is 14.2 Å². The summed E-state index contributed by atoms with van der Waals surface area (Å²) in [5.41, 5.74) is 0.423. The molecule has 0 atom stereocenters. The fourth-order valence-corrected chi connectivity index (χ4v) is 8.45. The van der Waals surface area contributed by atoms with Crippen LogP contribution in [0.1, 0.15) is 132 Å². The van der Waals surface area contributed by atoms with E-state index in [1.807, 2.05) is 52.1 Å². The molecule has 1 aliphatic heterocycles. The number of esters is 2. The van der Waals surface area contributed by atoms with Gasteiger partial charge >= 0.3 is 11.9 Å². The van der Waals surface area contributed by atoms with Gasteiger partial charge in [0.2, 0.25) is 0 Å². The lowest BCUT2D eigenvalue weighted by molar-refractivity contribution is -0.252. The van der Waals surface area contributed by atoms with E-state index in [1.165, 1.54) is 44.9 Å². The summed E-state index contributed by atoms with van der Waals surface area (Å²) >= 11 is 0. The summed E-state index contributed by atoms with van der Waals surface area (Å²) in [6.07, 6.45) is 11.1. The highest BCUT2D eigenvalue weighted by atomic mass is 33.1. The number of aromatic nitrogens is 1. The summed E-state index contributed by atoms with van der Waals surface area (Å²) in [4.78, 5) is 25.2. The van der Waals surface area contributed by atoms with Crippen molar-refractivity contribution in [1.82, 2.24) is 4.98 Å². The number of benzene rings is 1. The lowest BCUT2D eigenvalue weighted by Crippen LogP contribution is -2.45. The first-order valence-corrected chi connectivity index (χ1v) is 26.9. The molecule has 0 spiro atoms. The third kappa shape index (κ3) is 36.1. The number of carbonyl (C=O) groups is 2. The van der Waals surface area contributed by atoms with Crippen molar-refractivity contribution in [2.75, 3.05) is 115 Å². The van der Waals surface area contributed by atoms with Crippen LogP contribution in [0.25, 0.3) is 0 Å². The van der Waals surface area contributed by atoms with Gasteiger partial charge in [-0.2, -0.15) is 0 Å². The Bertz CT molecular complexity index is 1450. The molecule has 0 aliphatic carbocycles. The molecule has 0 amide bonds. The Morgan fingerprint density at radius 2 is 1.29 bits per heavy atom. The molecule has 410 valence electrons. The van der Waals surface area contributed by atoms with Gasteiger partial charge in [-0.05, 0) is 50.1 Å². The average Bonchev–Trinajstić information content (AvgIpc) is 3.35. The lowest BCUT2D eigenvalue weighted by Gasteiger charge is -2.39. The average molecular weight is 1040 g/mol. The minimum absolute atomic E-state index is 0.00704. The van der Waals surface area contributed by atoms with E-state index < -0.39 is 6.29 Å². The molecule has 17 heteroatoms. The van der Waals surface area contributed by atoms with Crippen LogP contribution in [0.5, 0.6) is 17.2 Å². The van der Waals surface area contributed by atoms with Gasteiger partial charge in [0.1, 0.15) is 22.3 Å². The normalized spacial score (nSPS) is 12.7. The molecule has 0 saturated carbocycles. The quantitative estimate of drug-likeness (QED) is 0.0472. The third-order valence-electron chi connectivity index (χ3n) is 9.47.